The van der Waals surface area contributed by atoms with Crippen LogP contribution in [0.3, 0.4) is 0 Å². The second kappa shape index (κ2) is 18.5. The molecule has 1 aliphatic rings. The molecule has 0 heterocycles. The first-order valence-electron chi connectivity index (χ1n) is 13.4. The third kappa shape index (κ3) is 13.9. The van der Waals surface area contributed by atoms with Gasteiger partial charge < -0.3 is 9.47 Å². The molecule has 2 atom stereocenters. The Bertz CT molecular complexity index is 460. The molecule has 0 amide bonds. The zero-order chi connectivity index (χ0) is 22.7. The number of ether oxygens (including phenoxy) is 2. The normalized spacial score (nSPS) is 18.8. The molecule has 0 spiro atoms. The van der Waals surface area contributed by atoms with E-state index in [2.05, 4.69) is 20.8 Å². The topological polar surface area (TPSA) is 52.6 Å². The zero-order valence-electron chi connectivity index (χ0n) is 20.8. The summed E-state index contributed by atoms with van der Waals surface area (Å²) in [6, 6.07) is 0. The number of rotatable bonds is 18. The predicted octanol–water partition coefficient (Wildman–Crippen LogP) is 7.63. The Morgan fingerprint density at radius 3 is 1.55 bits per heavy atom. The van der Waals surface area contributed by atoms with Gasteiger partial charge >= 0.3 is 11.9 Å². The number of hydrogen-bond acceptors (Lipinski definition) is 4. The molecule has 0 bridgehead atoms. The van der Waals surface area contributed by atoms with Gasteiger partial charge in [0.25, 0.3) is 0 Å². The molecule has 31 heavy (non-hydrogen) atoms. The average Bonchev–Trinajstić information content (AvgIpc) is 2.76. The second-order valence-electron chi connectivity index (χ2n) is 9.90. The lowest BCUT2D eigenvalue weighted by molar-refractivity contribution is -0.163. The highest BCUT2D eigenvalue weighted by atomic mass is 16.5. The van der Waals surface area contributed by atoms with E-state index in [1.165, 1.54) is 57.8 Å². The highest BCUT2D eigenvalue weighted by Gasteiger charge is 2.37. The molecule has 0 saturated heterocycles. The van der Waals surface area contributed by atoms with Crippen molar-refractivity contribution in [2.75, 3.05) is 13.2 Å². The Morgan fingerprint density at radius 2 is 1.10 bits per heavy atom. The maximum absolute atomic E-state index is 12.6. The fraction of sp³-hybridized carbons (Fsp3) is 0.926. The van der Waals surface area contributed by atoms with Crippen LogP contribution in [0.15, 0.2) is 0 Å². The summed E-state index contributed by atoms with van der Waals surface area (Å²) in [4.78, 5) is 25.2. The van der Waals surface area contributed by atoms with Crippen LogP contribution in [0.5, 0.6) is 0 Å². The fourth-order valence-electron chi connectivity index (χ4n) is 4.50. The lowest BCUT2D eigenvalue weighted by atomic mass is 9.79. The SMILES string of the molecule is CCCCCCCCOC(=O)C1CCCCC1C(=O)OCCCCCCCCC(C)C. The Kier molecular flexibility index (Phi) is 16.7. The number of carbonyl (C=O) groups is 2. The molecule has 1 aliphatic carbocycles. The van der Waals surface area contributed by atoms with Gasteiger partial charge in [0.1, 0.15) is 0 Å². The van der Waals surface area contributed by atoms with Gasteiger partial charge in [-0.1, -0.05) is 104 Å². The van der Waals surface area contributed by atoms with Gasteiger partial charge in [0.2, 0.25) is 0 Å². The van der Waals surface area contributed by atoms with Crippen LogP contribution in [-0.4, -0.2) is 25.2 Å². The maximum Gasteiger partial charge on any atom is 0.309 e. The van der Waals surface area contributed by atoms with Gasteiger partial charge in [0.05, 0.1) is 25.0 Å². The van der Waals surface area contributed by atoms with Gasteiger partial charge in [-0.2, -0.15) is 0 Å². The molecule has 0 aromatic carbocycles. The molecule has 1 saturated carbocycles. The van der Waals surface area contributed by atoms with Crippen molar-refractivity contribution in [2.24, 2.45) is 17.8 Å². The van der Waals surface area contributed by atoms with Crippen LogP contribution < -0.4 is 0 Å². The van der Waals surface area contributed by atoms with Crippen molar-refractivity contribution < 1.29 is 19.1 Å². The average molecular weight is 439 g/mol. The smallest absolute Gasteiger partial charge is 0.309 e. The van der Waals surface area contributed by atoms with Crippen LogP contribution in [-0.2, 0) is 19.1 Å². The summed E-state index contributed by atoms with van der Waals surface area (Å²) in [6.45, 7) is 7.74. The van der Waals surface area contributed by atoms with Crippen molar-refractivity contribution in [2.45, 2.75) is 130 Å². The summed E-state index contributed by atoms with van der Waals surface area (Å²) in [5, 5.41) is 0. The van der Waals surface area contributed by atoms with Crippen LogP contribution in [0.1, 0.15) is 130 Å². The van der Waals surface area contributed by atoms with Gasteiger partial charge in [-0.15, -0.1) is 0 Å². The molecule has 0 N–H and O–H groups in total. The standard InChI is InChI=1S/C27H50O4/c1-4-5-6-7-11-16-21-30-26(28)24-19-14-15-20-25(24)27(29)31-22-17-12-9-8-10-13-18-23(2)3/h23-25H,4-22H2,1-3H3. The third-order valence-electron chi connectivity index (χ3n) is 6.53. The van der Waals surface area contributed by atoms with Crippen molar-refractivity contribution in [1.29, 1.82) is 0 Å². The summed E-state index contributed by atoms with van der Waals surface area (Å²) in [7, 11) is 0. The molecule has 182 valence electrons. The highest BCUT2D eigenvalue weighted by molar-refractivity contribution is 5.82. The number of hydrogen-bond donors (Lipinski definition) is 0. The number of unbranched alkanes of at least 4 members (excludes halogenated alkanes) is 10. The van der Waals surface area contributed by atoms with E-state index in [4.69, 9.17) is 9.47 Å². The van der Waals surface area contributed by atoms with E-state index < -0.39 is 0 Å². The van der Waals surface area contributed by atoms with E-state index in [1.54, 1.807) is 0 Å². The largest absolute Gasteiger partial charge is 0.465 e. The molecule has 0 aliphatic heterocycles. The van der Waals surface area contributed by atoms with Crippen molar-refractivity contribution >= 4 is 11.9 Å². The Labute approximate surface area is 192 Å². The van der Waals surface area contributed by atoms with Gasteiger partial charge in [0.15, 0.2) is 0 Å². The number of esters is 2. The van der Waals surface area contributed by atoms with Gasteiger partial charge in [0, 0.05) is 0 Å². The highest BCUT2D eigenvalue weighted by Crippen LogP contribution is 2.32. The zero-order valence-corrected chi connectivity index (χ0v) is 20.8. The maximum atomic E-state index is 12.6. The molecule has 4 heteroatoms. The predicted molar refractivity (Wildman–Crippen MR) is 128 cm³/mol. The summed E-state index contributed by atoms with van der Waals surface area (Å²) < 4.78 is 11.1. The summed E-state index contributed by atoms with van der Waals surface area (Å²) in [5.74, 6) is -0.172. The van der Waals surface area contributed by atoms with E-state index in [1.807, 2.05) is 0 Å². The first-order chi connectivity index (χ1) is 15.1. The van der Waals surface area contributed by atoms with Crippen molar-refractivity contribution in [3.8, 4) is 0 Å². The summed E-state index contributed by atoms with van der Waals surface area (Å²) >= 11 is 0. The number of carbonyl (C=O) groups excluding carboxylic acids is 2. The monoisotopic (exact) mass is 438 g/mol. The lowest BCUT2D eigenvalue weighted by Gasteiger charge is -2.28. The van der Waals surface area contributed by atoms with Crippen LogP contribution in [0, 0.1) is 17.8 Å². The minimum atomic E-state index is -0.304. The molecule has 1 fully saturated rings. The van der Waals surface area contributed by atoms with Gasteiger partial charge in [-0.25, -0.2) is 0 Å². The molecule has 2 unspecified atom stereocenters. The van der Waals surface area contributed by atoms with Crippen molar-refractivity contribution in [1.82, 2.24) is 0 Å². The molecule has 0 radical (unpaired) electrons. The van der Waals surface area contributed by atoms with Crippen LogP contribution in [0.2, 0.25) is 0 Å². The third-order valence-corrected chi connectivity index (χ3v) is 6.53. The van der Waals surface area contributed by atoms with Crippen molar-refractivity contribution in [3.63, 3.8) is 0 Å². The molecular weight excluding hydrogens is 388 g/mol. The van der Waals surface area contributed by atoms with Gasteiger partial charge in [-0.05, 0) is 31.6 Å². The minimum absolute atomic E-state index is 0.182. The Hall–Kier alpha value is -1.06. The first kappa shape index (κ1) is 28.0. The van der Waals surface area contributed by atoms with Crippen LogP contribution in [0.4, 0.5) is 0 Å². The molecule has 0 aromatic rings. The second-order valence-corrected chi connectivity index (χ2v) is 9.90. The minimum Gasteiger partial charge on any atom is -0.465 e. The fourth-order valence-corrected chi connectivity index (χ4v) is 4.50. The molecule has 0 aromatic heterocycles. The van der Waals surface area contributed by atoms with E-state index in [0.717, 1.165) is 57.3 Å². The van der Waals surface area contributed by atoms with E-state index in [-0.39, 0.29) is 23.8 Å². The van der Waals surface area contributed by atoms with Crippen LogP contribution in [0.25, 0.3) is 0 Å². The Morgan fingerprint density at radius 1 is 0.677 bits per heavy atom. The van der Waals surface area contributed by atoms with E-state index >= 15 is 0 Å². The summed E-state index contributed by atoms with van der Waals surface area (Å²) in [6.07, 6.45) is 19.0. The molecule has 1 rings (SSSR count). The molecular formula is C27H50O4. The quantitative estimate of drug-likeness (QED) is 0.163. The Balaban J connectivity index is 2.17. The first-order valence-corrected chi connectivity index (χ1v) is 13.4. The van der Waals surface area contributed by atoms with Crippen molar-refractivity contribution in [3.05, 3.63) is 0 Å². The van der Waals surface area contributed by atoms with Gasteiger partial charge in [-0.3, -0.25) is 9.59 Å². The van der Waals surface area contributed by atoms with E-state index in [9.17, 15) is 9.59 Å². The summed E-state index contributed by atoms with van der Waals surface area (Å²) in [5.41, 5.74) is 0. The van der Waals surface area contributed by atoms with E-state index in [0.29, 0.717) is 13.2 Å². The lowest BCUT2D eigenvalue weighted by Crippen LogP contribution is -2.35. The molecule has 4 nitrogen and oxygen atoms in total. The van der Waals surface area contributed by atoms with Crippen LogP contribution >= 0.6 is 0 Å².